The van der Waals surface area contributed by atoms with Crippen LogP contribution in [0.25, 0.3) is 0 Å². The maximum atomic E-state index is 5.28. The number of rotatable bonds is 0. The van der Waals surface area contributed by atoms with Crippen molar-refractivity contribution < 1.29 is 0 Å². The highest BCUT2D eigenvalue weighted by atomic mass is 32.1. The van der Waals surface area contributed by atoms with E-state index in [-0.39, 0.29) is 0 Å². The van der Waals surface area contributed by atoms with E-state index in [1.807, 2.05) is 12.3 Å². The summed E-state index contributed by atoms with van der Waals surface area (Å²) in [6, 6.07) is 0. The Labute approximate surface area is 47.8 Å². The maximum Gasteiger partial charge on any atom is 0.142 e. The van der Waals surface area contributed by atoms with Crippen LogP contribution in [0.5, 0.6) is 0 Å². The van der Waals surface area contributed by atoms with Gasteiger partial charge in [0.2, 0.25) is 0 Å². The molecule has 1 aromatic rings. The van der Waals surface area contributed by atoms with E-state index in [1.54, 1.807) is 11.3 Å². The summed E-state index contributed by atoms with van der Waals surface area (Å²) in [6.07, 6.45) is 0. The molecule has 0 fully saturated rings. The largest absolute Gasteiger partial charge is 0.258 e. The van der Waals surface area contributed by atoms with Crippen molar-refractivity contribution >= 4 is 24.8 Å². The predicted molar refractivity (Wildman–Crippen MR) is 32.2 cm³/mol. The van der Waals surface area contributed by atoms with E-state index >= 15 is 0 Å². The highest BCUT2D eigenvalue weighted by molar-refractivity contribution is 7.10. The van der Waals surface area contributed by atoms with Gasteiger partial charge in [-0.15, -0.1) is 11.3 Å². The van der Waals surface area contributed by atoms with Gasteiger partial charge in [0.25, 0.3) is 0 Å². The second kappa shape index (κ2) is 1.66. The lowest BCUT2D eigenvalue weighted by Gasteiger charge is -1.71. The fraction of sp³-hybridized carbons (Fsp3) is 0.250. The molecule has 1 aromatic heterocycles. The van der Waals surface area contributed by atoms with Crippen molar-refractivity contribution in [1.82, 2.24) is 4.98 Å². The van der Waals surface area contributed by atoms with Gasteiger partial charge in [0.15, 0.2) is 0 Å². The van der Waals surface area contributed by atoms with Gasteiger partial charge in [-0.3, -0.25) is 4.98 Å². The van der Waals surface area contributed by atoms with Gasteiger partial charge in [0.1, 0.15) is 7.85 Å². The van der Waals surface area contributed by atoms with E-state index in [2.05, 4.69) is 4.98 Å². The Morgan fingerprint density at radius 1 is 1.86 bits per heavy atom. The Balaban J connectivity index is 3.04. The Hall–Kier alpha value is -0.305. The Morgan fingerprint density at radius 2 is 2.57 bits per heavy atom. The first kappa shape index (κ1) is 4.84. The molecule has 34 valence electrons. The molecule has 1 heterocycles. The van der Waals surface area contributed by atoms with Crippen LogP contribution in [-0.2, 0) is 0 Å². The van der Waals surface area contributed by atoms with Crippen LogP contribution in [0, 0.1) is 6.92 Å². The van der Waals surface area contributed by atoms with Gasteiger partial charge in [-0.05, 0) is 12.5 Å². The molecule has 0 aromatic carbocycles. The molecule has 0 atom stereocenters. The molecule has 0 saturated heterocycles. The summed E-state index contributed by atoms with van der Waals surface area (Å²) < 4.78 is 0. The van der Waals surface area contributed by atoms with E-state index in [9.17, 15) is 0 Å². The Bertz CT molecular complexity index is 144. The molecular weight excluding hydrogens is 105 g/mol. The molecule has 0 spiro atoms. The average molecular weight is 109 g/mol. The van der Waals surface area contributed by atoms with Crippen LogP contribution in [0.1, 0.15) is 5.01 Å². The number of hydrogen-bond donors (Lipinski definition) is 0. The molecule has 7 heavy (non-hydrogen) atoms. The van der Waals surface area contributed by atoms with Gasteiger partial charge in [-0.25, -0.2) is 0 Å². The molecule has 1 nitrogen and oxygen atoms in total. The quantitative estimate of drug-likeness (QED) is 0.435. The van der Waals surface area contributed by atoms with Crippen LogP contribution in [0.4, 0.5) is 0 Å². The smallest absolute Gasteiger partial charge is 0.142 e. The molecule has 0 bridgehead atoms. The molecular formula is C4H4BNS. The first-order valence-corrected chi connectivity index (χ1v) is 2.84. The molecule has 3 heteroatoms. The zero-order chi connectivity index (χ0) is 5.28. The molecule has 0 unspecified atom stereocenters. The molecule has 0 aliphatic carbocycles. The molecule has 0 N–H and O–H groups in total. The fourth-order valence-electron chi connectivity index (χ4n) is 0.380. The second-order valence-corrected chi connectivity index (χ2v) is 2.35. The highest BCUT2D eigenvalue weighted by Gasteiger charge is 1.85. The third-order valence-electron chi connectivity index (χ3n) is 0.637. The number of hydrogen-bond acceptors (Lipinski definition) is 2. The van der Waals surface area contributed by atoms with Gasteiger partial charge in [0.05, 0.1) is 5.01 Å². The molecule has 0 amide bonds. The van der Waals surface area contributed by atoms with E-state index in [1.165, 1.54) is 0 Å². The third-order valence-corrected chi connectivity index (χ3v) is 1.43. The summed E-state index contributed by atoms with van der Waals surface area (Å²) in [5.41, 5.74) is 0.627. The summed E-state index contributed by atoms with van der Waals surface area (Å²) in [5.74, 6) is 0. The summed E-state index contributed by atoms with van der Waals surface area (Å²) >= 11 is 1.57. The van der Waals surface area contributed by atoms with Gasteiger partial charge in [0, 0.05) is 5.38 Å². The van der Waals surface area contributed by atoms with Crippen molar-refractivity contribution in [2.75, 3.05) is 0 Å². The van der Waals surface area contributed by atoms with Gasteiger partial charge >= 0.3 is 0 Å². The molecule has 2 radical (unpaired) electrons. The molecule has 0 saturated carbocycles. The zero-order valence-electron chi connectivity index (χ0n) is 4.01. The lowest BCUT2D eigenvalue weighted by molar-refractivity contribution is 1.34. The highest BCUT2D eigenvalue weighted by Crippen LogP contribution is 1.96. The van der Waals surface area contributed by atoms with Crippen LogP contribution in [0.2, 0.25) is 0 Å². The summed E-state index contributed by atoms with van der Waals surface area (Å²) in [6.45, 7) is 1.93. The minimum Gasteiger partial charge on any atom is -0.258 e. The second-order valence-electron chi connectivity index (χ2n) is 1.29. The molecule has 1 rings (SSSR count). The minimum absolute atomic E-state index is 0.627. The topological polar surface area (TPSA) is 12.9 Å². The third kappa shape index (κ3) is 1.03. The number of aromatic nitrogens is 1. The Kier molecular flexibility index (Phi) is 1.15. The van der Waals surface area contributed by atoms with Crippen molar-refractivity contribution in [3.63, 3.8) is 0 Å². The summed E-state index contributed by atoms with van der Waals surface area (Å²) in [5, 5.41) is 2.85. The van der Waals surface area contributed by atoms with Crippen molar-refractivity contribution in [2.45, 2.75) is 6.92 Å². The van der Waals surface area contributed by atoms with Gasteiger partial charge in [-0.2, -0.15) is 0 Å². The van der Waals surface area contributed by atoms with E-state index in [0.29, 0.717) is 5.59 Å². The standard InChI is InChI=1S/C4H4BNS/c1-3-6-4(5)2-7-3/h2H,1H3. The fourth-order valence-corrected chi connectivity index (χ4v) is 0.882. The SMILES string of the molecule is [B]c1csc(C)n1. The van der Waals surface area contributed by atoms with Crippen LogP contribution in [-0.4, -0.2) is 12.8 Å². The zero-order valence-corrected chi connectivity index (χ0v) is 4.83. The first-order chi connectivity index (χ1) is 3.29. The maximum absolute atomic E-state index is 5.28. The first-order valence-electron chi connectivity index (χ1n) is 1.96. The predicted octanol–water partition coefficient (Wildman–Crippen LogP) is 0.245. The lowest BCUT2D eigenvalue weighted by Crippen LogP contribution is -2.00. The van der Waals surface area contributed by atoms with E-state index in [0.717, 1.165) is 5.01 Å². The van der Waals surface area contributed by atoms with E-state index < -0.39 is 0 Å². The number of thiazole rings is 1. The van der Waals surface area contributed by atoms with Crippen molar-refractivity contribution in [3.8, 4) is 0 Å². The van der Waals surface area contributed by atoms with Gasteiger partial charge in [-0.1, -0.05) is 0 Å². The average Bonchev–Trinajstić information content (AvgIpc) is 1.87. The van der Waals surface area contributed by atoms with Crippen molar-refractivity contribution in [3.05, 3.63) is 10.4 Å². The van der Waals surface area contributed by atoms with E-state index in [4.69, 9.17) is 7.85 Å². The van der Waals surface area contributed by atoms with Crippen LogP contribution >= 0.6 is 11.3 Å². The summed E-state index contributed by atoms with van der Waals surface area (Å²) in [4.78, 5) is 3.91. The Morgan fingerprint density at radius 3 is 2.71 bits per heavy atom. The molecule has 0 aliphatic rings. The van der Waals surface area contributed by atoms with Crippen LogP contribution in [0.3, 0.4) is 0 Å². The number of aryl methyl sites for hydroxylation is 1. The minimum atomic E-state index is 0.627. The van der Waals surface area contributed by atoms with Crippen molar-refractivity contribution in [2.24, 2.45) is 0 Å². The normalized spacial score (nSPS) is 9.29. The van der Waals surface area contributed by atoms with Crippen LogP contribution < -0.4 is 5.59 Å². The van der Waals surface area contributed by atoms with Crippen molar-refractivity contribution in [1.29, 1.82) is 0 Å². The van der Waals surface area contributed by atoms with Crippen LogP contribution in [0.15, 0.2) is 5.38 Å². The number of nitrogens with zero attached hydrogens (tertiary/aromatic N) is 1. The summed E-state index contributed by atoms with van der Waals surface area (Å²) in [7, 11) is 5.28. The molecule has 0 aliphatic heterocycles. The van der Waals surface area contributed by atoms with Gasteiger partial charge < -0.3 is 0 Å². The monoisotopic (exact) mass is 109 g/mol. The lowest BCUT2D eigenvalue weighted by atomic mass is 10.1.